The van der Waals surface area contributed by atoms with E-state index in [1.165, 1.54) is 19.3 Å². The monoisotopic (exact) mass is 155 g/mol. The highest BCUT2D eigenvalue weighted by molar-refractivity contribution is 4.84. The molecule has 1 heterocycles. The van der Waals surface area contributed by atoms with Crippen LogP contribution in [-0.2, 0) is 4.74 Å². The van der Waals surface area contributed by atoms with Crippen LogP contribution in [0.5, 0.6) is 0 Å². The first-order valence-electron chi connectivity index (χ1n) is 4.71. The molecule has 0 aromatic heterocycles. The fourth-order valence-electron chi connectivity index (χ4n) is 2.00. The van der Waals surface area contributed by atoms with Gasteiger partial charge in [-0.3, -0.25) is 4.90 Å². The molecule has 1 atom stereocenters. The molecule has 1 aliphatic heterocycles. The standard InChI is InChI=1S/C9H17NO/c1-8-7-11-6-5-10(8)9-3-2-4-9/h8-9H,2-7H2,1H3. The van der Waals surface area contributed by atoms with Gasteiger partial charge in [-0.2, -0.15) is 0 Å². The van der Waals surface area contributed by atoms with Crippen LogP contribution in [0, 0.1) is 0 Å². The van der Waals surface area contributed by atoms with Crippen molar-refractivity contribution in [2.24, 2.45) is 0 Å². The lowest BCUT2D eigenvalue weighted by Crippen LogP contribution is -2.51. The minimum absolute atomic E-state index is 0.661. The number of ether oxygens (including phenoxy) is 1. The van der Waals surface area contributed by atoms with Crippen LogP contribution in [0.2, 0.25) is 0 Å². The van der Waals surface area contributed by atoms with Crippen molar-refractivity contribution >= 4 is 0 Å². The topological polar surface area (TPSA) is 12.5 Å². The Morgan fingerprint density at radius 2 is 2.18 bits per heavy atom. The van der Waals surface area contributed by atoms with E-state index in [2.05, 4.69) is 11.8 Å². The summed E-state index contributed by atoms with van der Waals surface area (Å²) in [7, 11) is 0. The van der Waals surface area contributed by atoms with E-state index >= 15 is 0 Å². The third-order valence-corrected chi connectivity index (χ3v) is 2.96. The van der Waals surface area contributed by atoms with Crippen molar-refractivity contribution in [2.45, 2.75) is 38.3 Å². The highest BCUT2D eigenvalue weighted by Gasteiger charge is 2.29. The van der Waals surface area contributed by atoms with Crippen molar-refractivity contribution in [3.63, 3.8) is 0 Å². The van der Waals surface area contributed by atoms with Crippen molar-refractivity contribution in [3.8, 4) is 0 Å². The highest BCUT2D eigenvalue weighted by atomic mass is 16.5. The Morgan fingerprint density at radius 3 is 2.73 bits per heavy atom. The molecule has 2 aliphatic rings. The minimum atomic E-state index is 0.661. The minimum Gasteiger partial charge on any atom is -0.379 e. The van der Waals surface area contributed by atoms with Gasteiger partial charge in [0.05, 0.1) is 13.2 Å². The molecular formula is C9H17NO. The molecule has 0 amide bonds. The average molecular weight is 155 g/mol. The lowest BCUT2D eigenvalue weighted by molar-refractivity contribution is -0.0386. The van der Waals surface area contributed by atoms with E-state index in [-0.39, 0.29) is 0 Å². The predicted molar refractivity (Wildman–Crippen MR) is 44.6 cm³/mol. The van der Waals surface area contributed by atoms with Crippen LogP contribution >= 0.6 is 0 Å². The molecule has 0 aromatic carbocycles. The van der Waals surface area contributed by atoms with Gasteiger partial charge in [0.25, 0.3) is 0 Å². The van der Waals surface area contributed by atoms with Gasteiger partial charge >= 0.3 is 0 Å². The van der Waals surface area contributed by atoms with Crippen LogP contribution in [0.15, 0.2) is 0 Å². The first-order valence-corrected chi connectivity index (χ1v) is 4.71. The summed E-state index contributed by atoms with van der Waals surface area (Å²) in [6, 6.07) is 1.56. The summed E-state index contributed by atoms with van der Waals surface area (Å²) in [5, 5.41) is 0. The van der Waals surface area contributed by atoms with Gasteiger partial charge in [-0.1, -0.05) is 6.42 Å². The van der Waals surface area contributed by atoms with Crippen molar-refractivity contribution in [1.82, 2.24) is 4.90 Å². The Hall–Kier alpha value is -0.0800. The summed E-state index contributed by atoms with van der Waals surface area (Å²) in [5.41, 5.74) is 0. The number of nitrogens with zero attached hydrogens (tertiary/aromatic N) is 1. The first kappa shape index (κ1) is 7.56. The summed E-state index contributed by atoms with van der Waals surface area (Å²) < 4.78 is 5.39. The molecule has 0 spiro atoms. The fraction of sp³-hybridized carbons (Fsp3) is 1.00. The van der Waals surface area contributed by atoms with Gasteiger partial charge in [0.1, 0.15) is 0 Å². The van der Waals surface area contributed by atoms with Gasteiger partial charge in [-0.05, 0) is 19.8 Å². The molecule has 1 saturated carbocycles. The molecule has 0 N–H and O–H groups in total. The zero-order valence-electron chi connectivity index (χ0n) is 7.25. The lowest BCUT2D eigenvalue weighted by Gasteiger charge is -2.43. The maximum absolute atomic E-state index is 5.39. The number of morpholine rings is 1. The van der Waals surface area contributed by atoms with Gasteiger partial charge in [0, 0.05) is 18.6 Å². The van der Waals surface area contributed by atoms with Crippen LogP contribution < -0.4 is 0 Å². The highest BCUT2D eigenvalue weighted by Crippen LogP contribution is 2.27. The number of rotatable bonds is 1. The van der Waals surface area contributed by atoms with Gasteiger partial charge < -0.3 is 4.74 Å². The third kappa shape index (κ3) is 1.42. The van der Waals surface area contributed by atoms with Crippen LogP contribution in [0.1, 0.15) is 26.2 Å². The van der Waals surface area contributed by atoms with E-state index in [4.69, 9.17) is 4.74 Å². The van der Waals surface area contributed by atoms with Gasteiger partial charge in [-0.25, -0.2) is 0 Å². The SMILES string of the molecule is CC1COCCN1C1CCC1. The van der Waals surface area contributed by atoms with Crippen molar-refractivity contribution in [3.05, 3.63) is 0 Å². The molecule has 0 aromatic rings. The second-order valence-corrected chi connectivity index (χ2v) is 3.75. The van der Waals surface area contributed by atoms with Crippen LogP contribution in [-0.4, -0.2) is 36.7 Å². The number of hydrogen-bond donors (Lipinski definition) is 0. The van der Waals surface area contributed by atoms with E-state index in [0.717, 1.165) is 25.8 Å². The zero-order valence-corrected chi connectivity index (χ0v) is 7.25. The predicted octanol–water partition coefficient (Wildman–Crippen LogP) is 1.26. The van der Waals surface area contributed by atoms with E-state index in [1.807, 2.05) is 0 Å². The zero-order chi connectivity index (χ0) is 7.68. The number of hydrogen-bond acceptors (Lipinski definition) is 2. The van der Waals surface area contributed by atoms with Gasteiger partial charge in [0.15, 0.2) is 0 Å². The molecule has 2 nitrogen and oxygen atoms in total. The Bertz CT molecular complexity index is 132. The molecule has 2 rings (SSSR count). The summed E-state index contributed by atoms with van der Waals surface area (Å²) in [6.45, 7) is 5.32. The van der Waals surface area contributed by atoms with E-state index < -0.39 is 0 Å². The summed E-state index contributed by atoms with van der Waals surface area (Å²) >= 11 is 0. The van der Waals surface area contributed by atoms with Crippen molar-refractivity contribution < 1.29 is 4.74 Å². The first-order chi connectivity index (χ1) is 5.38. The Morgan fingerprint density at radius 1 is 1.36 bits per heavy atom. The summed E-state index contributed by atoms with van der Waals surface area (Å²) in [6.07, 6.45) is 4.28. The van der Waals surface area contributed by atoms with Crippen molar-refractivity contribution in [2.75, 3.05) is 19.8 Å². The molecule has 2 fully saturated rings. The Labute approximate surface area is 68.5 Å². The van der Waals surface area contributed by atoms with E-state index in [9.17, 15) is 0 Å². The smallest absolute Gasteiger partial charge is 0.0619 e. The molecular weight excluding hydrogens is 138 g/mol. The normalized spacial score (nSPS) is 35.2. The van der Waals surface area contributed by atoms with Gasteiger partial charge in [0.2, 0.25) is 0 Å². The molecule has 1 aliphatic carbocycles. The molecule has 0 radical (unpaired) electrons. The second kappa shape index (κ2) is 3.11. The summed E-state index contributed by atoms with van der Waals surface area (Å²) in [5.74, 6) is 0. The maximum atomic E-state index is 5.39. The van der Waals surface area contributed by atoms with Crippen LogP contribution in [0.3, 0.4) is 0 Å². The third-order valence-electron chi connectivity index (χ3n) is 2.96. The van der Waals surface area contributed by atoms with Gasteiger partial charge in [-0.15, -0.1) is 0 Å². The molecule has 1 unspecified atom stereocenters. The fourth-order valence-corrected chi connectivity index (χ4v) is 2.00. The largest absolute Gasteiger partial charge is 0.379 e. The Balaban J connectivity index is 1.88. The molecule has 64 valence electrons. The molecule has 11 heavy (non-hydrogen) atoms. The maximum Gasteiger partial charge on any atom is 0.0619 e. The average Bonchev–Trinajstić information content (AvgIpc) is 1.90. The lowest BCUT2D eigenvalue weighted by atomic mass is 9.90. The quantitative estimate of drug-likeness (QED) is 0.565. The molecule has 0 bridgehead atoms. The van der Waals surface area contributed by atoms with E-state index in [1.54, 1.807) is 0 Å². The van der Waals surface area contributed by atoms with E-state index in [0.29, 0.717) is 6.04 Å². The van der Waals surface area contributed by atoms with Crippen molar-refractivity contribution in [1.29, 1.82) is 0 Å². The molecule has 1 saturated heterocycles. The van der Waals surface area contributed by atoms with Crippen LogP contribution in [0.4, 0.5) is 0 Å². The van der Waals surface area contributed by atoms with Crippen LogP contribution in [0.25, 0.3) is 0 Å². The second-order valence-electron chi connectivity index (χ2n) is 3.75. The summed E-state index contributed by atoms with van der Waals surface area (Å²) in [4.78, 5) is 2.62. The molecule has 2 heteroatoms. The Kier molecular flexibility index (Phi) is 2.14.